The zero-order valence-electron chi connectivity index (χ0n) is 9.34. The van der Waals surface area contributed by atoms with E-state index in [1.807, 2.05) is 0 Å². The molecule has 6 nitrogen and oxygen atoms in total. The van der Waals surface area contributed by atoms with Crippen LogP contribution in [0.15, 0.2) is 30.3 Å². The van der Waals surface area contributed by atoms with Gasteiger partial charge in [0.2, 0.25) is 0 Å². The lowest BCUT2D eigenvalue weighted by atomic mass is 10.3. The van der Waals surface area contributed by atoms with Gasteiger partial charge in [-0.05, 0) is 6.07 Å². The van der Waals surface area contributed by atoms with Crippen LogP contribution in [-0.2, 0) is 0 Å². The number of anilines is 1. The van der Waals surface area contributed by atoms with E-state index in [9.17, 15) is 18.9 Å². The van der Waals surface area contributed by atoms with Gasteiger partial charge in [0.1, 0.15) is 5.75 Å². The Kier molecular flexibility index (Phi) is 3.23. The first-order valence-corrected chi connectivity index (χ1v) is 5.01. The molecule has 2 rings (SSSR count). The second-order valence-corrected chi connectivity index (χ2v) is 3.50. The Morgan fingerprint density at radius 3 is 2.68 bits per heavy atom. The number of nitrogens with zero attached hydrogens (tertiary/aromatic N) is 2. The molecule has 8 heteroatoms. The van der Waals surface area contributed by atoms with Crippen LogP contribution >= 0.6 is 0 Å². The summed E-state index contributed by atoms with van der Waals surface area (Å²) in [5.74, 6) is -3.16. The van der Waals surface area contributed by atoms with Gasteiger partial charge in [-0.15, -0.1) is 0 Å². The van der Waals surface area contributed by atoms with Gasteiger partial charge in [0.05, 0.1) is 11.0 Å². The van der Waals surface area contributed by atoms with Crippen LogP contribution in [0, 0.1) is 21.7 Å². The number of nitro benzene ring substituents is 1. The number of pyridine rings is 1. The van der Waals surface area contributed by atoms with E-state index in [-0.39, 0.29) is 11.4 Å². The van der Waals surface area contributed by atoms with E-state index in [1.165, 1.54) is 18.2 Å². The number of nitro groups is 1. The van der Waals surface area contributed by atoms with Gasteiger partial charge in [-0.2, -0.15) is 4.98 Å². The number of benzene rings is 1. The van der Waals surface area contributed by atoms with Gasteiger partial charge < -0.3 is 10.5 Å². The molecule has 0 radical (unpaired) electrons. The molecule has 2 N–H and O–H groups in total. The molecular weight excluding hydrogens is 260 g/mol. The first-order valence-electron chi connectivity index (χ1n) is 5.01. The predicted molar refractivity (Wildman–Crippen MR) is 61.7 cm³/mol. The second-order valence-electron chi connectivity index (χ2n) is 3.50. The summed E-state index contributed by atoms with van der Waals surface area (Å²) in [6, 6.07) is 5.58. The van der Waals surface area contributed by atoms with Crippen molar-refractivity contribution in [2.45, 2.75) is 0 Å². The number of hydrogen-bond acceptors (Lipinski definition) is 5. The molecule has 1 heterocycles. The number of halogens is 2. The van der Waals surface area contributed by atoms with Gasteiger partial charge in [0, 0.05) is 12.1 Å². The quantitative estimate of drug-likeness (QED) is 0.681. The third-order valence-corrected chi connectivity index (χ3v) is 2.17. The highest BCUT2D eigenvalue weighted by Crippen LogP contribution is 2.27. The van der Waals surface area contributed by atoms with Crippen LogP contribution in [0.1, 0.15) is 0 Å². The minimum absolute atomic E-state index is 0.00777. The standard InChI is InChI=1S/C11H7F2N3O3/c12-8-5-9(13)11(15-10(8)14)19-7-3-1-2-6(4-7)16(17)18/h1-5H,(H2,14,15). The lowest BCUT2D eigenvalue weighted by Gasteiger charge is -2.06. The Balaban J connectivity index is 2.33. The van der Waals surface area contributed by atoms with Crippen LogP contribution in [0.3, 0.4) is 0 Å². The summed E-state index contributed by atoms with van der Waals surface area (Å²) in [4.78, 5) is 13.3. The number of ether oxygens (including phenoxy) is 1. The second kappa shape index (κ2) is 4.84. The van der Waals surface area contributed by atoms with Crippen molar-refractivity contribution in [1.29, 1.82) is 0 Å². The molecule has 0 atom stereocenters. The molecule has 0 aliphatic rings. The fourth-order valence-corrected chi connectivity index (χ4v) is 1.31. The highest BCUT2D eigenvalue weighted by molar-refractivity contribution is 5.41. The molecule has 0 amide bonds. The lowest BCUT2D eigenvalue weighted by molar-refractivity contribution is -0.384. The number of aromatic nitrogens is 1. The smallest absolute Gasteiger partial charge is 0.273 e. The van der Waals surface area contributed by atoms with Crippen LogP contribution in [-0.4, -0.2) is 9.91 Å². The van der Waals surface area contributed by atoms with E-state index in [4.69, 9.17) is 10.5 Å². The zero-order chi connectivity index (χ0) is 14.0. The molecule has 19 heavy (non-hydrogen) atoms. The Morgan fingerprint density at radius 1 is 1.26 bits per heavy atom. The average molecular weight is 267 g/mol. The molecule has 1 aromatic carbocycles. The monoisotopic (exact) mass is 267 g/mol. The van der Waals surface area contributed by atoms with Gasteiger partial charge in [-0.1, -0.05) is 6.07 Å². The van der Waals surface area contributed by atoms with Crippen molar-refractivity contribution >= 4 is 11.5 Å². The van der Waals surface area contributed by atoms with Gasteiger partial charge in [-0.3, -0.25) is 10.1 Å². The maximum atomic E-state index is 13.4. The third-order valence-electron chi connectivity index (χ3n) is 2.17. The van der Waals surface area contributed by atoms with Crippen molar-refractivity contribution in [1.82, 2.24) is 4.98 Å². The normalized spacial score (nSPS) is 10.2. The van der Waals surface area contributed by atoms with Crippen LogP contribution < -0.4 is 10.5 Å². The third kappa shape index (κ3) is 2.73. The van der Waals surface area contributed by atoms with E-state index < -0.39 is 28.3 Å². The van der Waals surface area contributed by atoms with Crippen LogP contribution in [0.4, 0.5) is 20.3 Å². The van der Waals surface area contributed by atoms with Gasteiger partial charge in [-0.25, -0.2) is 8.78 Å². The number of non-ortho nitro benzene ring substituents is 1. The van der Waals surface area contributed by atoms with Crippen molar-refractivity contribution in [2.75, 3.05) is 5.73 Å². The molecule has 0 spiro atoms. The highest BCUT2D eigenvalue weighted by atomic mass is 19.1. The summed E-state index contributed by atoms with van der Waals surface area (Å²) >= 11 is 0. The molecule has 0 unspecified atom stereocenters. The summed E-state index contributed by atoms with van der Waals surface area (Å²) in [6.45, 7) is 0. The summed E-state index contributed by atoms with van der Waals surface area (Å²) in [7, 11) is 0. The lowest BCUT2D eigenvalue weighted by Crippen LogP contribution is -2.00. The minimum atomic E-state index is -1.06. The van der Waals surface area contributed by atoms with Crippen LogP contribution in [0.5, 0.6) is 11.6 Å². The van der Waals surface area contributed by atoms with E-state index in [0.29, 0.717) is 6.07 Å². The van der Waals surface area contributed by atoms with Gasteiger partial charge in [0.15, 0.2) is 17.5 Å². The fraction of sp³-hybridized carbons (Fsp3) is 0. The van der Waals surface area contributed by atoms with Crippen molar-refractivity contribution in [2.24, 2.45) is 0 Å². The van der Waals surface area contributed by atoms with Crippen molar-refractivity contribution < 1.29 is 18.4 Å². The number of hydrogen-bond donors (Lipinski definition) is 1. The Hall–Kier alpha value is -2.77. The molecule has 0 saturated heterocycles. The first kappa shape index (κ1) is 12.7. The topological polar surface area (TPSA) is 91.3 Å². The summed E-state index contributed by atoms with van der Waals surface area (Å²) < 4.78 is 31.3. The zero-order valence-corrected chi connectivity index (χ0v) is 9.34. The molecular formula is C11H7F2N3O3. The molecule has 0 bridgehead atoms. The van der Waals surface area contributed by atoms with E-state index in [0.717, 1.165) is 6.07 Å². The van der Waals surface area contributed by atoms with Crippen molar-refractivity contribution in [3.05, 3.63) is 52.1 Å². The van der Waals surface area contributed by atoms with Crippen molar-refractivity contribution in [3.63, 3.8) is 0 Å². The molecule has 0 saturated carbocycles. The fourth-order valence-electron chi connectivity index (χ4n) is 1.31. The van der Waals surface area contributed by atoms with Crippen LogP contribution in [0.25, 0.3) is 0 Å². The van der Waals surface area contributed by atoms with E-state index in [1.54, 1.807) is 0 Å². The van der Waals surface area contributed by atoms with Crippen molar-refractivity contribution in [3.8, 4) is 11.6 Å². The summed E-state index contributed by atoms with van der Waals surface area (Å²) in [5.41, 5.74) is 4.95. The Bertz CT molecular complexity index is 649. The summed E-state index contributed by atoms with van der Waals surface area (Å²) in [6.07, 6.45) is 0. The van der Waals surface area contributed by atoms with Gasteiger partial charge in [0.25, 0.3) is 11.6 Å². The molecule has 98 valence electrons. The van der Waals surface area contributed by atoms with Crippen LogP contribution in [0.2, 0.25) is 0 Å². The predicted octanol–water partition coefficient (Wildman–Crippen LogP) is 2.64. The Labute approximate surface area is 105 Å². The van der Waals surface area contributed by atoms with Gasteiger partial charge >= 0.3 is 0 Å². The SMILES string of the molecule is Nc1nc(Oc2cccc([N+](=O)[O-])c2)c(F)cc1F. The molecule has 0 aliphatic carbocycles. The minimum Gasteiger partial charge on any atom is -0.436 e. The number of nitrogens with two attached hydrogens (primary N) is 1. The first-order chi connectivity index (χ1) is 8.97. The maximum absolute atomic E-state index is 13.4. The van der Waals surface area contributed by atoms with E-state index >= 15 is 0 Å². The average Bonchev–Trinajstić information content (AvgIpc) is 2.36. The molecule has 2 aromatic rings. The molecule has 0 aliphatic heterocycles. The maximum Gasteiger partial charge on any atom is 0.273 e. The molecule has 1 aromatic heterocycles. The number of nitrogen functional groups attached to an aromatic ring is 1. The highest BCUT2D eigenvalue weighted by Gasteiger charge is 2.13. The largest absolute Gasteiger partial charge is 0.436 e. The summed E-state index contributed by atoms with van der Waals surface area (Å²) in [5, 5.41) is 10.6. The Morgan fingerprint density at radius 2 is 2.00 bits per heavy atom. The van der Waals surface area contributed by atoms with E-state index in [2.05, 4.69) is 4.98 Å². The number of rotatable bonds is 3. The molecule has 0 fully saturated rings.